The van der Waals surface area contributed by atoms with Crippen molar-refractivity contribution >= 4 is 5.96 Å². The van der Waals surface area contributed by atoms with Gasteiger partial charge in [0.25, 0.3) is 0 Å². The first-order valence-electron chi connectivity index (χ1n) is 7.74. The van der Waals surface area contributed by atoms with Gasteiger partial charge in [0.2, 0.25) is 0 Å². The van der Waals surface area contributed by atoms with Gasteiger partial charge in [-0.05, 0) is 19.3 Å². The van der Waals surface area contributed by atoms with Crippen LogP contribution in [-0.2, 0) is 11.3 Å². The van der Waals surface area contributed by atoms with Crippen LogP contribution < -0.4 is 10.6 Å². The summed E-state index contributed by atoms with van der Waals surface area (Å²) in [5, 5.41) is 10.4. The Kier molecular flexibility index (Phi) is 8.98. The summed E-state index contributed by atoms with van der Waals surface area (Å²) in [5.41, 5.74) is 0.817. The van der Waals surface area contributed by atoms with Crippen LogP contribution in [0.3, 0.4) is 0 Å². The van der Waals surface area contributed by atoms with Crippen LogP contribution in [0.4, 0.5) is 0 Å². The van der Waals surface area contributed by atoms with Crippen molar-refractivity contribution in [3.8, 4) is 0 Å². The number of ether oxygens (including phenoxy) is 1. The van der Waals surface area contributed by atoms with Gasteiger partial charge in [0, 0.05) is 32.4 Å². The zero-order valence-corrected chi connectivity index (χ0v) is 13.9. The van der Waals surface area contributed by atoms with E-state index < -0.39 is 0 Å². The van der Waals surface area contributed by atoms with Gasteiger partial charge in [-0.3, -0.25) is 0 Å². The van der Waals surface area contributed by atoms with E-state index in [-0.39, 0.29) is 0 Å². The average molecular weight is 308 g/mol. The highest BCUT2D eigenvalue weighted by molar-refractivity contribution is 5.79. The van der Waals surface area contributed by atoms with Crippen LogP contribution in [0.25, 0.3) is 0 Å². The number of aromatic nitrogens is 1. The fraction of sp³-hybridized carbons (Fsp3) is 0.625. The van der Waals surface area contributed by atoms with Crippen molar-refractivity contribution in [3.63, 3.8) is 0 Å². The lowest BCUT2D eigenvalue weighted by molar-refractivity contribution is 0.108. The summed E-state index contributed by atoms with van der Waals surface area (Å²) in [6.45, 7) is 13.4. The Balaban J connectivity index is 2.31. The minimum absolute atomic E-state index is 0.480. The molecule has 6 nitrogen and oxygen atoms in total. The lowest BCUT2D eigenvalue weighted by Crippen LogP contribution is -2.38. The first-order chi connectivity index (χ1) is 10.6. The van der Waals surface area contributed by atoms with Crippen LogP contribution in [-0.4, -0.2) is 37.4 Å². The van der Waals surface area contributed by atoms with Crippen LogP contribution in [0, 0.1) is 12.8 Å². The second-order valence-corrected chi connectivity index (χ2v) is 5.51. The summed E-state index contributed by atoms with van der Waals surface area (Å²) in [4.78, 5) is 4.47. The molecule has 6 heteroatoms. The van der Waals surface area contributed by atoms with Crippen molar-refractivity contribution in [2.24, 2.45) is 10.9 Å². The molecule has 0 atom stereocenters. The van der Waals surface area contributed by atoms with Gasteiger partial charge in [0.15, 0.2) is 5.96 Å². The molecule has 1 aromatic rings. The maximum atomic E-state index is 5.55. The van der Waals surface area contributed by atoms with Gasteiger partial charge >= 0.3 is 0 Å². The van der Waals surface area contributed by atoms with Gasteiger partial charge in [-0.2, -0.15) is 0 Å². The summed E-state index contributed by atoms with van der Waals surface area (Å²) in [6.07, 6.45) is 2.73. The topological polar surface area (TPSA) is 71.7 Å². The fourth-order valence-electron chi connectivity index (χ4n) is 1.70. The third-order valence-electron chi connectivity index (χ3n) is 2.70. The highest BCUT2D eigenvalue weighted by Crippen LogP contribution is 2.02. The van der Waals surface area contributed by atoms with E-state index >= 15 is 0 Å². The second-order valence-electron chi connectivity index (χ2n) is 5.51. The molecule has 0 aliphatic carbocycles. The second kappa shape index (κ2) is 10.8. The fourth-order valence-corrected chi connectivity index (χ4v) is 1.70. The van der Waals surface area contributed by atoms with Crippen molar-refractivity contribution in [2.75, 3.05) is 26.3 Å². The minimum Gasteiger partial charge on any atom is -0.381 e. The molecule has 0 aliphatic heterocycles. The van der Waals surface area contributed by atoms with Gasteiger partial charge in [-0.25, -0.2) is 4.99 Å². The lowest BCUT2D eigenvalue weighted by Gasteiger charge is -2.11. The Labute approximate surface area is 133 Å². The predicted molar refractivity (Wildman–Crippen MR) is 88.9 cm³/mol. The number of aliphatic imine (C=N–C) groups is 1. The zero-order valence-electron chi connectivity index (χ0n) is 13.9. The summed E-state index contributed by atoms with van der Waals surface area (Å²) in [5.74, 6) is 2.11. The van der Waals surface area contributed by atoms with E-state index in [1.165, 1.54) is 0 Å². The van der Waals surface area contributed by atoms with Crippen LogP contribution in [0.5, 0.6) is 0 Å². The lowest BCUT2D eigenvalue weighted by atomic mass is 10.2. The van der Waals surface area contributed by atoms with Crippen LogP contribution in [0.15, 0.2) is 28.2 Å². The smallest absolute Gasteiger partial charge is 0.191 e. The Bertz CT molecular complexity index is 455. The highest BCUT2D eigenvalue weighted by atomic mass is 16.5. The molecule has 1 heterocycles. The van der Waals surface area contributed by atoms with Crippen LogP contribution in [0.1, 0.15) is 31.7 Å². The summed E-state index contributed by atoms with van der Waals surface area (Å²) in [6, 6.07) is 1.88. The molecule has 0 unspecified atom stereocenters. The number of rotatable bonds is 10. The average Bonchev–Trinajstić information content (AvgIpc) is 2.90. The van der Waals surface area contributed by atoms with Crippen molar-refractivity contribution in [2.45, 2.75) is 33.7 Å². The highest BCUT2D eigenvalue weighted by Gasteiger charge is 2.01. The molecular formula is C16H28N4O2. The molecule has 22 heavy (non-hydrogen) atoms. The van der Waals surface area contributed by atoms with Gasteiger partial charge in [0.1, 0.15) is 11.5 Å². The number of hydrogen-bond acceptors (Lipinski definition) is 4. The number of nitrogens with one attached hydrogen (secondary N) is 2. The monoisotopic (exact) mass is 308 g/mol. The molecule has 1 rings (SSSR count). The molecule has 0 aliphatic rings. The van der Waals surface area contributed by atoms with E-state index in [4.69, 9.17) is 9.26 Å². The molecule has 2 N–H and O–H groups in total. The molecule has 0 aromatic carbocycles. The summed E-state index contributed by atoms with van der Waals surface area (Å²) >= 11 is 0. The SMILES string of the molecule is C=CCNC(=NCc1cc(C)on1)NCCCOCC(C)C. The molecule has 124 valence electrons. The standard InChI is InChI=1S/C16H28N4O2/c1-5-7-17-16(18-8-6-9-21-12-13(2)3)19-11-15-10-14(4)22-20-15/h5,10,13H,1,6-9,11-12H2,2-4H3,(H2,17,18,19). The number of guanidine groups is 1. The van der Waals surface area contributed by atoms with Crippen molar-refractivity contribution in [1.29, 1.82) is 0 Å². The van der Waals surface area contributed by atoms with E-state index in [1.807, 2.05) is 13.0 Å². The van der Waals surface area contributed by atoms with Gasteiger partial charge in [-0.1, -0.05) is 25.1 Å². The van der Waals surface area contributed by atoms with Gasteiger partial charge < -0.3 is 19.9 Å². The number of hydrogen-bond donors (Lipinski definition) is 2. The summed E-state index contributed by atoms with van der Waals surface area (Å²) < 4.78 is 10.6. The molecule has 0 radical (unpaired) electrons. The van der Waals surface area contributed by atoms with E-state index in [1.54, 1.807) is 6.08 Å². The van der Waals surface area contributed by atoms with Crippen LogP contribution in [0.2, 0.25) is 0 Å². The molecule has 0 bridgehead atoms. The molecule has 0 spiro atoms. The quantitative estimate of drug-likeness (QED) is 0.300. The molecule has 0 fully saturated rings. The molecule has 1 aromatic heterocycles. The van der Waals surface area contributed by atoms with E-state index in [0.717, 1.165) is 43.6 Å². The Hall–Kier alpha value is -1.82. The third kappa shape index (κ3) is 8.46. The van der Waals surface area contributed by atoms with E-state index in [2.05, 4.69) is 41.2 Å². The largest absolute Gasteiger partial charge is 0.381 e. The maximum absolute atomic E-state index is 5.55. The Morgan fingerprint density at radius 2 is 2.32 bits per heavy atom. The first kappa shape index (κ1) is 18.2. The number of aryl methyl sites for hydroxylation is 1. The number of nitrogens with zero attached hydrogens (tertiary/aromatic N) is 2. The molecular weight excluding hydrogens is 280 g/mol. The van der Waals surface area contributed by atoms with Crippen LogP contribution >= 0.6 is 0 Å². The third-order valence-corrected chi connectivity index (χ3v) is 2.70. The molecule has 0 saturated heterocycles. The van der Waals surface area contributed by atoms with Crippen molar-refractivity contribution < 1.29 is 9.26 Å². The maximum Gasteiger partial charge on any atom is 0.191 e. The normalized spacial score (nSPS) is 11.7. The van der Waals surface area contributed by atoms with Gasteiger partial charge in [0.05, 0.1) is 6.54 Å². The Morgan fingerprint density at radius 1 is 1.50 bits per heavy atom. The minimum atomic E-state index is 0.480. The van der Waals surface area contributed by atoms with E-state index in [0.29, 0.717) is 19.0 Å². The molecule has 0 amide bonds. The van der Waals surface area contributed by atoms with Crippen molar-refractivity contribution in [1.82, 2.24) is 15.8 Å². The predicted octanol–water partition coefficient (Wildman–Crippen LogP) is 2.27. The Morgan fingerprint density at radius 3 is 2.95 bits per heavy atom. The zero-order chi connectivity index (χ0) is 16.2. The van der Waals surface area contributed by atoms with Gasteiger partial charge in [-0.15, -0.1) is 6.58 Å². The first-order valence-corrected chi connectivity index (χ1v) is 7.74. The van der Waals surface area contributed by atoms with Crippen molar-refractivity contribution in [3.05, 3.63) is 30.2 Å². The van der Waals surface area contributed by atoms with E-state index in [9.17, 15) is 0 Å². The summed E-state index contributed by atoms with van der Waals surface area (Å²) in [7, 11) is 0. The molecule has 0 saturated carbocycles.